The van der Waals surface area contributed by atoms with Gasteiger partial charge in [-0.25, -0.2) is 8.42 Å². The molecule has 28 heavy (non-hydrogen) atoms. The molecule has 0 radical (unpaired) electrons. The van der Waals surface area contributed by atoms with Crippen LogP contribution in [0.3, 0.4) is 0 Å². The number of benzene rings is 1. The molecule has 1 aromatic heterocycles. The summed E-state index contributed by atoms with van der Waals surface area (Å²) in [6.07, 6.45) is 0.520. The third-order valence-electron chi connectivity index (χ3n) is 3.74. The Labute approximate surface area is 173 Å². The van der Waals surface area contributed by atoms with Crippen LogP contribution in [0.2, 0.25) is 5.02 Å². The minimum atomic E-state index is -3.96. The van der Waals surface area contributed by atoms with Gasteiger partial charge in [-0.3, -0.25) is 15.0 Å². The predicted molar refractivity (Wildman–Crippen MR) is 109 cm³/mol. The quantitative estimate of drug-likeness (QED) is 0.518. The van der Waals surface area contributed by atoms with Crippen molar-refractivity contribution in [2.75, 3.05) is 0 Å². The van der Waals surface area contributed by atoms with Crippen molar-refractivity contribution in [2.45, 2.75) is 37.6 Å². The zero-order valence-corrected chi connectivity index (χ0v) is 17.8. The Morgan fingerprint density at radius 2 is 1.82 bits per heavy atom. The smallest absolute Gasteiger partial charge is 0.257 e. The van der Waals surface area contributed by atoms with Crippen LogP contribution in [0, 0.1) is 5.92 Å². The van der Waals surface area contributed by atoms with Crippen molar-refractivity contribution in [2.24, 2.45) is 5.92 Å². The number of thiophene rings is 1. The fourth-order valence-electron chi connectivity index (χ4n) is 2.40. The number of amides is 2. The van der Waals surface area contributed by atoms with Gasteiger partial charge in [-0.1, -0.05) is 25.4 Å². The van der Waals surface area contributed by atoms with Gasteiger partial charge in [0.15, 0.2) is 0 Å². The van der Waals surface area contributed by atoms with Crippen LogP contribution in [-0.4, -0.2) is 26.3 Å². The molecule has 0 saturated carbocycles. The molecule has 2 amide bonds. The van der Waals surface area contributed by atoms with Crippen LogP contribution in [0.4, 0.5) is 0 Å². The lowest BCUT2D eigenvalue weighted by Gasteiger charge is -2.20. The molecule has 1 heterocycles. The van der Waals surface area contributed by atoms with Crippen molar-refractivity contribution in [3.8, 4) is 0 Å². The summed E-state index contributed by atoms with van der Waals surface area (Å²) in [5.74, 6) is -0.824. The van der Waals surface area contributed by atoms with Crippen molar-refractivity contribution < 1.29 is 18.0 Å². The van der Waals surface area contributed by atoms with Crippen molar-refractivity contribution in [3.05, 3.63) is 51.7 Å². The van der Waals surface area contributed by atoms with E-state index in [2.05, 4.69) is 10.7 Å². The number of halogens is 1. The zero-order chi connectivity index (χ0) is 20.7. The van der Waals surface area contributed by atoms with Crippen molar-refractivity contribution in [1.29, 1.82) is 0 Å². The van der Waals surface area contributed by atoms with E-state index in [0.29, 0.717) is 11.4 Å². The Kier molecular flexibility index (Phi) is 7.99. The standard InChI is InChI=1S/C18H22ClN3O4S2/c1-12(2)9-16(20-17(23)10-13-7-8-27-11-13)18(24)21-22-28(25,26)15-5-3-14(19)4-6-15/h3-8,11-12,16,22H,9-10H2,1-2H3,(H,20,23)(H,21,24). The largest absolute Gasteiger partial charge is 0.344 e. The van der Waals surface area contributed by atoms with Crippen LogP contribution < -0.4 is 15.6 Å². The normalized spacial score (nSPS) is 12.6. The van der Waals surface area contributed by atoms with E-state index in [4.69, 9.17) is 11.6 Å². The molecule has 3 N–H and O–H groups in total. The Balaban J connectivity index is 1.99. The van der Waals surface area contributed by atoms with Crippen LogP contribution in [0.15, 0.2) is 46.0 Å². The Morgan fingerprint density at radius 1 is 1.14 bits per heavy atom. The maximum Gasteiger partial charge on any atom is 0.257 e. The fourth-order valence-corrected chi connectivity index (χ4v) is 4.05. The van der Waals surface area contributed by atoms with Crippen LogP contribution in [0.25, 0.3) is 0 Å². The number of sulfonamides is 1. The van der Waals surface area contributed by atoms with Gasteiger partial charge in [0.05, 0.1) is 11.3 Å². The van der Waals surface area contributed by atoms with E-state index in [0.717, 1.165) is 5.56 Å². The van der Waals surface area contributed by atoms with Crippen LogP contribution >= 0.6 is 22.9 Å². The molecule has 0 fully saturated rings. The first-order valence-corrected chi connectivity index (χ1v) is 11.4. The van der Waals surface area contributed by atoms with Gasteiger partial charge < -0.3 is 5.32 Å². The molecule has 2 aromatic rings. The molecule has 10 heteroatoms. The van der Waals surface area contributed by atoms with Crippen LogP contribution in [0.1, 0.15) is 25.8 Å². The molecule has 1 aromatic carbocycles. The maximum atomic E-state index is 12.5. The summed E-state index contributed by atoms with van der Waals surface area (Å²) in [5.41, 5.74) is 3.04. The summed E-state index contributed by atoms with van der Waals surface area (Å²) in [6, 6.07) is 6.49. The summed E-state index contributed by atoms with van der Waals surface area (Å²) >= 11 is 7.24. The highest BCUT2D eigenvalue weighted by molar-refractivity contribution is 7.89. The first kappa shape index (κ1) is 22.4. The highest BCUT2D eigenvalue weighted by atomic mass is 35.5. The summed E-state index contributed by atoms with van der Waals surface area (Å²) in [4.78, 5) is 26.7. The summed E-state index contributed by atoms with van der Waals surface area (Å²) in [5, 5.41) is 6.79. The van der Waals surface area contributed by atoms with E-state index in [1.807, 2.05) is 35.5 Å². The number of hydrogen-bond donors (Lipinski definition) is 3. The van der Waals surface area contributed by atoms with Crippen molar-refractivity contribution in [3.63, 3.8) is 0 Å². The van der Waals surface area contributed by atoms with Gasteiger partial charge in [-0.2, -0.15) is 11.3 Å². The predicted octanol–water partition coefficient (Wildman–Crippen LogP) is 2.48. The van der Waals surface area contributed by atoms with Gasteiger partial charge in [0, 0.05) is 5.02 Å². The lowest BCUT2D eigenvalue weighted by molar-refractivity contribution is -0.129. The second-order valence-corrected chi connectivity index (χ2v) is 9.51. The second-order valence-electron chi connectivity index (χ2n) is 6.61. The molecule has 0 bridgehead atoms. The van der Waals surface area contributed by atoms with E-state index < -0.39 is 22.0 Å². The highest BCUT2D eigenvalue weighted by Gasteiger charge is 2.24. The average Bonchev–Trinajstić information content (AvgIpc) is 3.12. The molecule has 0 spiro atoms. The first-order chi connectivity index (χ1) is 13.2. The lowest BCUT2D eigenvalue weighted by Crippen LogP contribution is -2.52. The maximum absolute atomic E-state index is 12.5. The highest BCUT2D eigenvalue weighted by Crippen LogP contribution is 2.13. The van der Waals surface area contributed by atoms with E-state index >= 15 is 0 Å². The Hall–Kier alpha value is -1.94. The molecule has 0 aliphatic carbocycles. The molecule has 0 aliphatic heterocycles. The summed E-state index contributed by atoms with van der Waals surface area (Å²) in [7, 11) is -3.96. The minimum absolute atomic E-state index is 0.0425. The number of carbonyl (C=O) groups is 2. The third kappa shape index (κ3) is 6.90. The molecule has 0 saturated heterocycles. The molecule has 0 aliphatic rings. The summed E-state index contributed by atoms with van der Waals surface area (Å²) in [6.45, 7) is 3.81. The van der Waals surface area contributed by atoms with E-state index in [1.165, 1.54) is 35.6 Å². The fraction of sp³-hybridized carbons (Fsp3) is 0.333. The number of hydrazine groups is 1. The second kappa shape index (κ2) is 10.0. The Morgan fingerprint density at radius 3 is 2.39 bits per heavy atom. The minimum Gasteiger partial charge on any atom is -0.344 e. The molecule has 7 nitrogen and oxygen atoms in total. The van der Waals surface area contributed by atoms with Crippen molar-refractivity contribution >= 4 is 44.8 Å². The molecule has 152 valence electrons. The molecule has 2 rings (SSSR count). The zero-order valence-electron chi connectivity index (χ0n) is 15.4. The average molecular weight is 444 g/mol. The van der Waals surface area contributed by atoms with E-state index in [1.54, 1.807) is 0 Å². The van der Waals surface area contributed by atoms with Gasteiger partial charge in [-0.05, 0) is 59.0 Å². The van der Waals surface area contributed by atoms with Gasteiger partial charge in [0.1, 0.15) is 6.04 Å². The van der Waals surface area contributed by atoms with Gasteiger partial charge >= 0.3 is 0 Å². The Bertz CT molecular complexity index is 897. The van der Waals surface area contributed by atoms with Gasteiger partial charge in [-0.15, -0.1) is 4.83 Å². The number of rotatable bonds is 9. The number of carbonyl (C=O) groups excluding carboxylic acids is 2. The molecule has 1 atom stereocenters. The van der Waals surface area contributed by atoms with Gasteiger partial charge in [0.25, 0.3) is 15.9 Å². The SMILES string of the molecule is CC(C)CC(NC(=O)Cc1ccsc1)C(=O)NNS(=O)(=O)c1ccc(Cl)cc1. The molecular weight excluding hydrogens is 422 g/mol. The number of nitrogens with one attached hydrogen (secondary N) is 3. The molecule has 1 unspecified atom stereocenters. The van der Waals surface area contributed by atoms with Crippen LogP contribution in [-0.2, 0) is 26.0 Å². The topological polar surface area (TPSA) is 104 Å². The third-order valence-corrected chi connectivity index (χ3v) is 5.98. The summed E-state index contributed by atoms with van der Waals surface area (Å²) < 4.78 is 24.5. The van der Waals surface area contributed by atoms with Crippen molar-refractivity contribution in [1.82, 2.24) is 15.6 Å². The molecular formula is C18H22ClN3O4S2. The van der Waals surface area contributed by atoms with Gasteiger partial charge in [0.2, 0.25) is 5.91 Å². The first-order valence-electron chi connectivity index (χ1n) is 8.55. The van der Waals surface area contributed by atoms with E-state index in [-0.39, 0.29) is 23.1 Å². The van der Waals surface area contributed by atoms with Crippen LogP contribution in [0.5, 0.6) is 0 Å². The monoisotopic (exact) mass is 443 g/mol. The van der Waals surface area contributed by atoms with E-state index in [9.17, 15) is 18.0 Å². The number of hydrogen-bond acceptors (Lipinski definition) is 5. The lowest BCUT2D eigenvalue weighted by atomic mass is 10.0.